The largest absolute Gasteiger partial charge is 0.465 e. The van der Waals surface area contributed by atoms with E-state index >= 15 is 0 Å². The standard InChI is InChI=1S/C12H17NO2/c1-7(13)12(14)11-8(2)15-10-6-4-3-5-9(10)11/h7H,3-6,13H2,1-2H3. The number of carbonyl (C=O) groups is 1. The fourth-order valence-electron chi connectivity index (χ4n) is 2.25. The van der Waals surface area contributed by atoms with E-state index in [1.54, 1.807) is 6.92 Å². The van der Waals surface area contributed by atoms with Gasteiger partial charge in [-0.2, -0.15) is 0 Å². The number of nitrogens with two attached hydrogens (primary N) is 1. The Balaban J connectivity index is 2.46. The van der Waals surface area contributed by atoms with E-state index in [2.05, 4.69) is 0 Å². The van der Waals surface area contributed by atoms with Crippen molar-refractivity contribution in [2.24, 2.45) is 5.73 Å². The molecule has 0 bridgehead atoms. The van der Waals surface area contributed by atoms with Crippen molar-refractivity contribution < 1.29 is 9.21 Å². The summed E-state index contributed by atoms with van der Waals surface area (Å²) in [5.74, 6) is 1.76. The zero-order chi connectivity index (χ0) is 11.0. The highest BCUT2D eigenvalue weighted by Gasteiger charge is 2.26. The summed E-state index contributed by atoms with van der Waals surface area (Å²) in [5.41, 5.74) is 7.50. The van der Waals surface area contributed by atoms with Crippen molar-refractivity contribution in [3.05, 3.63) is 22.6 Å². The molecule has 0 fully saturated rings. The van der Waals surface area contributed by atoms with Crippen molar-refractivity contribution in [3.63, 3.8) is 0 Å². The normalized spacial score (nSPS) is 17.3. The molecular formula is C12H17NO2. The molecule has 0 saturated heterocycles. The van der Waals surface area contributed by atoms with Crippen LogP contribution in [0.15, 0.2) is 4.42 Å². The van der Waals surface area contributed by atoms with Crippen LogP contribution in [0.4, 0.5) is 0 Å². The number of rotatable bonds is 2. The molecule has 2 N–H and O–H groups in total. The van der Waals surface area contributed by atoms with Crippen LogP contribution in [0.5, 0.6) is 0 Å². The lowest BCUT2D eigenvalue weighted by Gasteiger charge is -2.11. The van der Waals surface area contributed by atoms with Gasteiger partial charge in [0.15, 0.2) is 5.78 Å². The van der Waals surface area contributed by atoms with Gasteiger partial charge in [0, 0.05) is 12.0 Å². The van der Waals surface area contributed by atoms with Gasteiger partial charge in [-0.1, -0.05) is 0 Å². The third kappa shape index (κ3) is 1.72. The maximum atomic E-state index is 11.9. The molecule has 15 heavy (non-hydrogen) atoms. The monoisotopic (exact) mass is 207 g/mol. The highest BCUT2D eigenvalue weighted by atomic mass is 16.3. The Morgan fingerprint density at radius 3 is 2.73 bits per heavy atom. The lowest BCUT2D eigenvalue weighted by Crippen LogP contribution is -2.27. The topological polar surface area (TPSA) is 56.2 Å². The molecule has 3 heteroatoms. The van der Waals surface area contributed by atoms with Gasteiger partial charge in [-0.25, -0.2) is 0 Å². The smallest absolute Gasteiger partial charge is 0.183 e. The summed E-state index contributed by atoms with van der Waals surface area (Å²) in [4.78, 5) is 11.9. The molecular weight excluding hydrogens is 190 g/mol. The van der Waals surface area contributed by atoms with Crippen molar-refractivity contribution in [1.29, 1.82) is 0 Å². The number of aryl methyl sites for hydroxylation is 2. The van der Waals surface area contributed by atoms with Crippen molar-refractivity contribution in [2.75, 3.05) is 0 Å². The second-order valence-electron chi connectivity index (χ2n) is 4.30. The lowest BCUT2D eigenvalue weighted by molar-refractivity contribution is 0.0965. The number of hydrogen-bond acceptors (Lipinski definition) is 3. The van der Waals surface area contributed by atoms with Gasteiger partial charge < -0.3 is 10.2 Å². The predicted molar refractivity (Wildman–Crippen MR) is 58.1 cm³/mol. The minimum Gasteiger partial charge on any atom is -0.465 e. The van der Waals surface area contributed by atoms with E-state index < -0.39 is 6.04 Å². The third-order valence-corrected chi connectivity index (χ3v) is 3.01. The zero-order valence-electron chi connectivity index (χ0n) is 9.30. The minimum absolute atomic E-state index is 0.0133. The first-order chi connectivity index (χ1) is 7.11. The summed E-state index contributed by atoms with van der Waals surface area (Å²) in [5, 5.41) is 0. The number of hydrogen-bond donors (Lipinski definition) is 1. The minimum atomic E-state index is -0.438. The zero-order valence-corrected chi connectivity index (χ0v) is 9.30. The summed E-state index contributed by atoms with van der Waals surface area (Å²) in [6, 6.07) is -0.438. The molecule has 1 aromatic rings. The molecule has 0 radical (unpaired) electrons. The summed E-state index contributed by atoms with van der Waals surface area (Å²) < 4.78 is 5.63. The molecule has 1 aromatic heterocycles. The number of furan rings is 1. The van der Waals surface area contributed by atoms with Crippen molar-refractivity contribution in [3.8, 4) is 0 Å². The summed E-state index contributed by atoms with van der Waals surface area (Å²) >= 11 is 0. The summed E-state index contributed by atoms with van der Waals surface area (Å²) in [6.45, 7) is 3.58. The average molecular weight is 207 g/mol. The molecule has 82 valence electrons. The number of ketones is 1. The van der Waals surface area contributed by atoms with Gasteiger partial charge in [-0.05, 0) is 33.1 Å². The van der Waals surface area contributed by atoms with Crippen molar-refractivity contribution in [1.82, 2.24) is 0 Å². The van der Waals surface area contributed by atoms with Gasteiger partial charge in [0.1, 0.15) is 11.5 Å². The van der Waals surface area contributed by atoms with E-state index in [9.17, 15) is 4.79 Å². The SMILES string of the molecule is Cc1oc2c(c1C(=O)C(C)N)CCCC2. The van der Waals surface area contributed by atoms with Crippen LogP contribution < -0.4 is 5.73 Å². The Morgan fingerprint density at radius 2 is 2.07 bits per heavy atom. The van der Waals surface area contributed by atoms with Crippen LogP contribution in [0.3, 0.4) is 0 Å². The molecule has 1 atom stereocenters. The Bertz CT molecular complexity index is 391. The molecule has 1 heterocycles. The van der Waals surface area contributed by atoms with Gasteiger partial charge in [0.25, 0.3) is 0 Å². The first kappa shape index (κ1) is 10.4. The van der Waals surface area contributed by atoms with Crippen LogP contribution in [-0.4, -0.2) is 11.8 Å². The van der Waals surface area contributed by atoms with Crippen LogP contribution in [0, 0.1) is 6.92 Å². The van der Waals surface area contributed by atoms with Gasteiger partial charge in [0.2, 0.25) is 0 Å². The van der Waals surface area contributed by atoms with E-state index in [0.717, 1.165) is 48.3 Å². The molecule has 0 aromatic carbocycles. The molecule has 1 aliphatic rings. The van der Waals surface area contributed by atoms with Crippen molar-refractivity contribution >= 4 is 5.78 Å². The highest BCUT2D eigenvalue weighted by Crippen LogP contribution is 2.30. The predicted octanol–water partition coefficient (Wildman–Crippen LogP) is 2.00. The van der Waals surface area contributed by atoms with E-state index in [-0.39, 0.29) is 5.78 Å². The van der Waals surface area contributed by atoms with Crippen LogP contribution >= 0.6 is 0 Å². The number of carbonyl (C=O) groups excluding carboxylic acids is 1. The highest BCUT2D eigenvalue weighted by molar-refractivity contribution is 6.02. The summed E-state index contributed by atoms with van der Waals surface area (Å²) in [7, 11) is 0. The Morgan fingerprint density at radius 1 is 1.40 bits per heavy atom. The molecule has 3 nitrogen and oxygen atoms in total. The molecule has 2 rings (SSSR count). The quantitative estimate of drug-likeness (QED) is 0.754. The van der Waals surface area contributed by atoms with E-state index in [1.807, 2.05) is 6.92 Å². The Kier molecular flexibility index (Phi) is 2.65. The van der Waals surface area contributed by atoms with E-state index in [0.29, 0.717) is 0 Å². The maximum absolute atomic E-state index is 11.9. The van der Waals surface area contributed by atoms with Crippen LogP contribution in [-0.2, 0) is 12.8 Å². The third-order valence-electron chi connectivity index (χ3n) is 3.01. The lowest BCUT2D eigenvalue weighted by atomic mass is 9.91. The fraction of sp³-hybridized carbons (Fsp3) is 0.583. The van der Waals surface area contributed by atoms with E-state index in [1.165, 1.54) is 0 Å². The Hall–Kier alpha value is -1.09. The van der Waals surface area contributed by atoms with Crippen molar-refractivity contribution in [2.45, 2.75) is 45.6 Å². The molecule has 0 amide bonds. The molecule has 1 aliphatic carbocycles. The van der Waals surface area contributed by atoms with Gasteiger partial charge in [-0.15, -0.1) is 0 Å². The molecule has 0 spiro atoms. The van der Waals surface area contributed by atoms with Gasteiger partial charge >= 0.3 is 0 Å². The first-order valence-electron chi connectivity index (χ1n) is 5.52. The summed E-state index contributed by atoms with van der Waals surface area (Å²) in [6.07, 6.45) is 4.22. The Labute approximate surface area is 89.6 Å². The number of fused-ring (bicyclic) bond motifs is 1. The van der Waals surface area contributed by atoms with Gasteiger partial charge in [0.05, 0.1) is 11.6 Å². The second kappa shape index (κ2) is 3.81. The fourth-order valence-corrected chi connectivity index (χ4v) is 2.25. The molecule has 0 aliphatic heterocycles. The average Bonchev–Trinajstić information content (AvgIpc) is 2.52. The van der Waals surface area contributed by atoms with Crippen LogP contribution in [0.25, 0.3) is 0 Å². The first-order valence-corrected chi connectivity index (χ1v) is 5.52. The molecule has 1 unspecified atom stereocenters. The second-order valence-corrected chi connectivity index (χ2v) is 4.30. The maximum Gasteiger partial charge on any atom is 0.183 e. The van der Waals surface area contributed by atoms with Crippen LogP contribution in [0.1, 0.15) is 47.2 Å². The van der Waals surface area contributed by atoms with Crippen LogP contribution in [0.2, 0.25) is 0 Å². The van der Waals surface area contributed by atoms with Gasteiger partial charge in [-0.3, -0.25) is 4.79 Å². The number of Topliss-reactive ketones (excluding diaryl/α,β-unsaturated/α-hetero) is 1. The molecule has 0 saturated carbocycles. The van der Waals surface area contributed by atoms with E-state index in [4.69, 9.17) is 10.2 Å².